The van der Waals surface area contributed by atoms with Gasteiger partial charge in [0, 0.05) is 13.2 Å². The van der Waals surface area contributed by atoms with E-state index in [0.717, 1.165) is 25.8 Å². The highest BCUT2D eigenvalue weighted by Crippen LogP contribution is 2.43. The van der Waals surface area contributed by atoms with Crippen LogP contribution in [0.2, 0.25) is 0 Å². The van der Waals surface area contributed by atoms with Gasteiger partial charge < -0.3 is 10.1 Å². The Bertz CT molecular complexity index is 416. The highest BCUT2D eigenvalue weighted by molar-refractivity contribution is 5.17. The van der Waals surface area contributed by atoms with Crippen molar-refractivity contribution >= 4 is 0 Å². The predicted octanol–water partition coefficient (Wildman–Crippen LogP) is 4.19. The van der Waals surface area contributed by atoms with E-state index in [1.54, 1.807) is 0 Å². The molecule has 2 rings (SSSR count). The van der Waals surface area contributed by atoms with E-state index in [9.17, 15) is 0 Å². The Balaban J connectivity index is 2.15. The molecule has 0 aliphatic heterocycles. The lowest BCUT2D eigenvalue weighted by Gasteiger charge is -2.47. The molecule has 2 heteroatoms. The van der Waals surface area contributed by atoms with Crippen LogP contribution < -0.4 is 5.32 Å². The van der Waals surface area contributed by atoms with Crippen molar-refractivity contribution in [1.82, 2.24) is 5.32 Å². The van der Waals surface area contributed by atoms with Crippen molar-refractivity contribution in [3.63, 3.8) is 0 Å². The molecule has 21 heavy (non-hydrogen) atoms. The number of ether oxygens (including phenoxy) is 1. The van der Waals surface area contributed by atoms with Crippen molar-refractivity contribution in [3.8, 4) is 0 Å². The summed E-state index contributed by atoms with van der Waals surface area (Å²) in [5, 5.41) is 3.69. The Morgan fingerprint density at radius 1 is 1.10 bits per heavy atom. The normalized spacial score (nSPS) is 21.9. The Kier molecular flexibility index (Phi) is 5.45. The molecule has 0 bridgehead atoms. The quantitative estimate of drug-likeness (QED) is 0.847. The van der Waals surface area contributed by atoms with Gasteiger partial charge in [-0.2, -0.15) is 0 Å². The largest absolute Gasteiger partial charge is 0.377 e. The minimum Gasteiger partial charge on any atom is -0.377 e. The summed E-state index contributed by atoms with van der Waals surface area (Å²) in [4.78, 5) is 0. The fourth-order valence-corrected chi connectivity index (χ4v) is 3.59. The third-order valence-electron chi connectivity index (χ3n) is 5.22. The molecule has 1 aliphatic rings. The van der Waals surface area contributed by atoms with Gasteiger partial charge in [-0.05, 0) is 49.6 Å². The van der Waals surface area contributed by atoms with Gasteiger partial charge >= 0.3 is 0 Å². The van der Waals surface area contributed by atoms with Crippen molar-refractivity contribution in [3.05, 3.63) is 35.9 Å². The first-order valence-corrected chi connectivity index (χ1v) is 8.34. The number of hydrogen-bond donors (Lipinski definition) is 1. The summed E-state index contributed by atoms with van der Waals surface area (Å²) in [5.41, 5.74) is 1.84. The van der Waals surface area contributed by atoms with Crippen LogP contribution in [-0.2, 0) is 11.2 Å². The lowest BCUT2D eigenvalue weighted by Crippen LogP contribution is -2.55. The lowest BCUT2D eigenvalue weighted by atomic mass is 9.67. The molecule has 1 aromatic carbocycles. The third kappa shape index (κ3) is 4.08. The van der Waals surface area contributed by atoms with Crippen molar-refractivity contribution in [2.75, 3.05) is 13.7 Å². The van der Waals surface area contributed by atoms with Crippen LogP contribution in [0.4, 0.5) is 0 Å². The number of hydrogen-bond acceptors (Lipinski definition) is 2. The molecule has 118 valence electrons. The molecular weight excluding hydrogens is 258 g/mol. The minimum absolute atomic E-state index is 0.0125. The zero-order valence-corrected chi connectivity index (χ0v) is 14.1. The van der Waals surface area contributed by atoms with Gasteiger partial charge in [0.1, 0.15) is 0 Å². The van der Waals surface area contributed by atoms with Crippen molar-refractivity contribution < 1.29 is 4.74 Å². The smallest absolute Gasteiger partial charge is 0.0834 e. The molecule has 0 saturated heterocycles. The Labute approximate surface area is 130 Å². The third-order valence-corrected chi connectivity index (χ3v) is 5.22. The Morgan fingerprint density at radius 2 is 1.71 bits per heavy atom. The van der Waals surface area contributed by atoms with Gasteiger partial charge in [-0.1, -0.05) is 51.1 Å². The van der Waals surface area contributed by atoms with E-state index >= 15 is 0 Å². The monoisotopic (exact) mass is 289 g/mol. The second-order valence-corrected chi connectivity index (χ2v) is 7.23. The molecule has 0 heterocycles. The Hall–Kier alpha value is -0.860. The van der Waals surface area contributed by atoms with Crippen LogP contribution in [-0.4, -0.2) is 25.3 Å². The van der Waals surface area contributed by atoms with Crippen LogP contribution in [0.15, 0.2) is 30.3 Å². The standard InChI is InChI=1S/C19H31NO/c1-5-20-17(15-16-9-7-6-8-10-16)19(21-4)13-11-18(2,3)12-14-19/h6-10,17,20H,5,11-15H2,1-4H3. The van der Waals surface area contributed by atoms with Crippen molar-refractivity contribution in [1.29, 1.82) is 0 Å². The van der Waals surface area contributed by atoms with E-state index in [4.69, 9.17) is 4.74 Å². The molecule has 1 saturated carbocycles. The molecule has 0 spiro atoms. The number of likely N-dealkylation sites (N-methyl/N-ethyl adjacent to an activating group) is 1. The molecule has 1 unspecified atom stereocenters. The van der Waals surface area contributed by atoms with Crippen molar-refractivity contribution in [2.45, 2.75) is 64.5 Å². The van der Waals surface area contributed by atoms with E-state index < -0.39 is 0 Å². The highest BCUT2D eigenvalue weighted by Gasteiger charge is 2.43. The van der Waals surface area contributed by atoms with Gasteiger partial charge in [0.2, 0.25) is 0 Å². The lowest BCUT2D eigenvalue weighted by molar-refractivity contribution is -0.0858. The maximum atomic E-state index is 6.10. The van der Waals surface area contributed by atoms with Crippen LogP contribution in [0.25, 0.3) is 0 Å². The molecule has 0 amide bonds. The minimum atomic E-state index is -0.0125. The van der Waals surface area contributed by atoms with Gasteiger partial charge in [0.15, 0.2) is 0 Å². The first-order chi connectivity index (χ1) is 10.0. The highest BCUT2D eigenvalue weighted by atomic mass is 16.5. The number of benzene rings is 1. The zero-order chi connectivity index (χ0) is 15.3. The topological polar surface area (TPSA) is 21.3 Å². The van der Waals surface area contributed by atoms with E-state index in [0.29, 0.717) is 11.5 Å². The summed E-state index contributed by atoms with van der Waals surface area (Å²) in [6, 6.07) is 11.2. The van der Waals surface area contributed by atoms with Crippen LogP contribution in [0, 0.1) is 5.41 Å². The summed E-state index contributed by atoms with van der Waals surface area (Å²) in [6.07, 6.45) is 5.85. The molecule has 1 N–H and O–H groups in total. The second-order valence-electron chi connectivity index (χ2n) is 7.23. The van der Waals surface area contributed by atoms with E-state index in [2.05, 4.69) is 56.4 Å². The summed E-state index contributed by atoms with van der Waals surface area (Å²) in [6.45, 7) is 7.94. The summed E-state index contributed by atoms with van der Waals surface area (Å²) >= 11 is 0. The number of methoxy groups -OCH3 is 1. The second kappa shape index (κ2) is 6.93. The van der Waals surface area contributed by atoms with E-state index in [1.807, 2.05) is 7.11 Å². The number of nitrogens with one attached hydrogen (secondary N) is 1. The van der Waals surface area contributed by atoms with Gasteiger partial charge in [-0.25, -0.2) is 0 Å². The van der Waals surface area contributed by atoms with Gasteiger partial charge in [-0.15, -0.1) is 0 Å². The molecular formula is C19H31NO. The fourth-order valence-electron chi connectivity index (χ4n) is 3.59. The first-order valence-electron chi connectivity index (χ1n) is 8.34. The zero-order valence-electron chi connectivity index (χ0n) is 14.1. The molecule has 0 radical (unpaired) electrons. The van der Waals surface area contributed by atoms with Gasteiger partial charge in [0.25, 0.3) is 0 Å². The SMILES string of the molecule is CCNC(Cc1ccccc1)C1(OC)CCC(C)(C)CC1. The molecule has 1 fully saturated rings. The molecule has 1 aromatic rings. The number of rotatable bonds is 6. The van der Waals surface area contributed by atoms with Crippen LogP contribution in [0.1, 0.15) is 52.0 Å². The molecule has 2 nitrogen and oxygen atoms in total. The average Bonchev–Trinajstić information content (AvgIpc) is 2.49. The summed E-state index contributed by atoms with van der Waals surface area (Å²) < 4.78 is 6.10. The fraction of sp³-hybridized carbons (Fsp3) is 0.684. The van der Waals surface area contributed by atoms with Crippen LogP contribution in [0.3, 0.4) is 0 Å². The predicted molar refractivity (Wildman–Crippen MR) is 89.6 cm³/mol. The first kappa shape index (κ1) is 16.5. The summed E-state index contributed by atoms with van der Waals surface area (Å²) in [7, 11) is 1.90. The van der Waals surface area contributed by atoms with E-state index in [-0.39, 0.29) is 5.60 Å². The average molecular weight is 289 g/mol. The maximum absolute atomic E-state index is 6.10. The van der Waals surface area contributed by atoms with Crippen LogP contribution in [0.5, 0.6) is 0 Å². The molecule has 1 atom stereocenters. The molecule has 1 aliphatic carbocycles. The van der Waals surface area contributed by atoms with Crippen molar-refractivity contribution in [2.24, 2.45) is 5.41 Å². The van der Waals surface area contributed by atoms with Crippen LogP contribution >= 0.6 is 0 Å². The van der Waals surface area contributed by atoms with E-state index in [1.165, 1.54) is 18.4 Å². The molecule has 0 aromatic heterocycles. The summed E-state index contributed by atoms with van der Waals surface area (Å²) in [5.74, 6) is 0. The van der Waals surface area contributed by atoms with Gasteiger partial charge in [0.05, 0.1) is 5.60 Å². The van der Waals surface area contributed by atoms with Gasteiger partial charge in [-0.3, -0.25) is 0 Å². The maximum Gasteiger partial charge on any atom is 0.0834 e. The Morgan fingerprint density at radius 3 is 2.24 bits per heavy atom.